The Labute approximate surface area is 180 Å². The molecule has 0 amide bonds. The van der Waals surface area contributed by atoms with E-state index in [2.05, 4.69) is 38.0 Å². The number of nitrogens with one attached hydrogen (secondary N) is 1. The lowest BCUT2D eigenvalue weighted by atomic mass is 10.1. The van der Waals surface area contributed by atoms with Crippen LogP contribution in [0.1, 0.15) is 5.56 Å². The maximum absolute atomic E-state index is 14.2. The molecule has 1 aliphatic rings. The molecule has 154 valence electrons. The third kappa shape index (κ3) is 3.99. The van der Waals surface area contributed by atoms with E-state index in [1.807, 2.05) is 24.3 Å². The first-order valence-corrected chi connectivity index (χ1v) is 10.9. The van der Waals surface area contributed by atoms with Crippen molar-refractivity contribution in [2.24, 2.45) is 0 Å². The van der Waals surface area contributed by atoms with E-state index >= 15 is 0 Å². The summed E-state index contributed by atoms with van der Waals surface area (Å²) < 4.78 is 18.4. The highest BCUT2D eigenvalue weighted by Gasteiger charge is 2.17. The second-order valence-corrected chi connectivity index (χ2v) is 7.88. The van der Waals surface area contributed by atoms with Gasteiger partial charge >= 0.3 is 0 Å². The average Bonchev–Trinajstić information content (AvgIpc) is 3.24. The molecule has 1 N–H and O–H groups in total. The second kappa shape index (κ2) is 8.78. The molecule has 30 heavy (non-hydrogen) atoms. The van der Waals surface area contributed by atoms with Gasteiger partial charge in [0, 0.05) is 50.5 Å². The lowest BCUT2D eigenvalue weighted by Crippen LogP contribution is -2.43. The number of piperazine rings is 1. The number of anilines is 2. The highest BCUT2D eigenvalue weighted by molar-refractivity contribution is 7.96. The summed E-state index contributed by atoms with van der Waals surface area (Å²) in [4.78, 5) is 2.38. The van der Waals surface area contributed by atoms with Gasteiger partial charge in [0.25, 0.3) is 0 Å². The SMILES string of the molecule is CNc1cc(-c2ccc(C#N)c(F)c2)n(-c2ccc(N3CCN(SC)CC3)cc2)n1. The van der Waals surface area contributed by atoms with Crippen LogP contribution >= 0.6 is 11.9 Å². The molecule has 3 aromatic rings. The van der Waals surface area contributed by atoms with E-state index in [1.165, 1.54) is 17.8 Å². The van der Waals surface area contributed by atoms with Crippen molar-refractivity contribution in [3.8, 4) is 23.0 Å². The maximum atomic E-state index is 14.2. The quantitative estimate of drug-likeness (QED) is 0.628. The minimum atomic E-state index is -0.534. The standard InChI is InChI=1S/C22H23FN6S/c1-25-22-14-21(16-3-4-17(15-24)20(23)13-16)29(26-22)19-7-5-18(6-8-19)27-9-11-28(30-2)12-10-27/h3-8,13-14H,9-12H2,1-2H3,(H,25,26). The highest BCUT2D eigenvalue weighted by Crippen LogP contribution is 2.28. The van der Waals surface area contributed by atoms with Crippen LogP contribution < -0.4 is 10.2 Å². The molecular formula is C22H23FN6S. The van der Waals surface area contributed by atoms with E-state index in [1.54, 1.807) is 29.7 Å². The fourth-order valence-electron chi connectivity index (χ4n) is 3.60. The van der Waals surface area contributed by atoms with E-state index in [4.69, 9.17) is 5.26 Å². The van der Waals surface area contributed by atoms with Crippen molar-refractivity contribution in [1.82, 2.24) is 14.1 Å². The van der Waals surface area contributed by atoms with Crippen molar-refractivity contribution in [2.75, 3.05) is 49.7 Å². The Morgan fingerprint density at radius 3 is 2.33 bits per heavy atom. The van der Waals surface area contributed by atoms with Crippen LogP contribution in [-0.2, 0) is 0 Å². The van der Waals surface area contributed by atoms with Gasteiger partial charge in [-0.3, -0.25) is 0 Å². The Balaban J connectivity index is 1.63. The van der Waals surface area contributed by atoms with E-state index in [0.717, 1.165) is 37.6 Å². The first-order valence-electron chi connectivity index (χ1n) is 9.75. The van der Waals surface area contributed by atoms with Crippen LogP contribution in [0, 0.1) is 17.1 Å². The van der Waals surface area contributed by atoms with Gasteiger partial charge < -0.3 is 10.2 Å². The molecular weight excluding hydrogens is 399 g/mol. The summed E-state index contributed by atoms with van der Waals surface area (Å²) in [5, 5.41) is 16.6. The smallest absolute Gasteiger partial charge is 0.148 e. The fourth-order valence-corrected chi connectivity index (χ4v) is 4.13. The number of benzene rings is 2. The number of hydrogen-bond acceptors (Lipinski definition) is 6. The number of nitrogens with zero attached hydrogens (tertiary/aromatic N) is 5. The molecule has 1 aromatic heterocycles. The summed E-state index contributed by atoms with van der Waals surface area (Å²) in [5.74, 6) is 0.153. The molecule has 1 fully saturated rings. The van der Waals surface area contributed by atoms with E-state index < -0.39 is 5.82 Å². The largest absolute Gasteiger partial charge is 0.372 e. The summed E-state index contributed by atoms with van der Waals surface area (Å²) in [7, 11) is 1.80. The van der Waals surface area contributed by atoms with Crippen LogP contribution in [0.2, 0.25) is 0 Å². The molecule has 4 rings (SSSR count). The molecule has 2 aromatic carbocycles. The Morgan fingerprint density at radius 1 is 1.03 bits per heavy atom. The molecule has 0 unspecified atom stereocenters. The number of nitriles is 1. The molecule has 0 atom stereocenters. The van der Waals surface area contributed by atoms with Gasteiger partial charge in [-0.25, -0.2) is 13.4 Å². The van der Waals surface area contributed by atoms with Gasteiger partial charge in [0.05, 0.1) is 16.9 Å². The van der Waals surface area contributed by atoms with Gasteiger partial charge in [0.15, 0.2) is 0 Å². The van der Waals surface area contributed by atoms with Crippen molar-refractivity contribution < 1.29 is 4.39 Å². The van der Waals surface area contributed by atoms with Crippen molar-refractivity contribution in [2.45, 2.75) is 0 Å². The van der Waals surface area contributed by atoms with Crippen LogP contribution in [0.3, 0.4) is 0 Å². The molecule has 0 spiro atoms. The minimum Gasteiger partial charge on any atom is -0.372 e. The zero-order valence-corrected chi connectivity index (χ0v) is 17.8. The first kappa shape index (κ1) is 20.3. The Hall–Kier alpha value is -3.02. The third-order valence-corrected chi connectivity index (χ3v) is 6.19. The highest BCUT2D eigenvalue weighted by atomic mass is 32.2. The van der Waals surface area contributed by atoms with E-state index in [0.29, 0.717) is 11.4 Å². The van der Waals surface area contributed by atoms with Crippen LogP contribution in [0.15, 0.2) is 48.5 Å². The monoisotopic (exact) mass is 422 g/mol. The number of halogens is 1. The zero-order valence-electron chi connectivity index (χ0n) is 17.0. The number of hydrogen-bond donors (Lipinski definition) is 1. The van der Waals surface area contributed by atoms with Crippen molar-refractivity contribution in [3.05, 3.63) is 59.9 Å². The normalized spacial score (nSPS) is 14.5. The zero-order chi connectivity index (χ0) is 21.1. The van der Waals surface area contributed by atoms with Crippen molar-refractivity contribution in [1.29, 1.82) is 5.26 Å². The molecule has 2 heterocycles. The first-order chi connectivity index (χ1) is 14.6. The van der Waals surface area contributed by atoms with E-state index in [9.17, 15) is 4.39 Å². The maximum Gasteiger partial charge on any atom is 0.148 e. The van der Waals surface area contributed by atoms with Gasteiger partial charge in [-0.1, -0.05) is 18.0 Å². The predicted molar refractivity (Wildman–Crippen MR) is 121 cm³/mol. The summed E-state index contributed by atoms with van der Waals surface area (Å²) in [6, 6.07) is 16.6. The molecule has 0 bridgehead atoms. The summed E-state index contributed by atoms with van der Waals surface area (Å²) >= 11 is 1.79. The Bertz CT molecular complexity index is 1060. The van der Waals surface area contributed by atoms with Crippen molar-refractivity contribution >= 4 is 23.5 Å². The molecule has 1 aliphatic heterocycles. The number of aromatic nitrogens is 2. The predicted octanol–water partition coefficient (Wildman–Crippen LogP) is 3.99. The Morgan fingerprint density at radius 2 is 1.73 bits per heavy atom. The second-order valence-electron chi connectivity index (χ2n) is 7.00. The van der Waals surface area contributed by atoms with Gasteiger partial charge in [-0.05, 0) is 42.7 Å². The molecule has 0 radical (unpaired) electrons. The lowest BCUT2D eigenvalue weighted by Gasteiger charge is -2.34. The van der Waals surface area contributed by atoms with Crippen LogP contribution in [0.5, 0.6) is 0 Å². The third-order valence-electron chi connectivity index (χ3n) is 5.31. The van der Waals surface area contributed by atoms with Gasteiger partial charge in [0.1, 0.15) is 17.7 Å². The summed E-state index contributed by atoms with van der Waals surface area (Å²) in [6.07, 6.45) is 2.12. The molecule has 6 nitrogen and oxygen atoms in total. The van der Waals surface area contributed by atoms with Crippen molar-refractivity contribution in [3.63, 3.8) is 0 Å². The van der Waals surface area contributed by atoms with Gasteiger partial charge in [0.2, 0.25) is 0 Å². The van der Waals surface area contributed by atoms with Crippen LogP contribution in [-0.4, -0.2) is 53.6 Å². The van der Waals surface area contributed by atoms with Gasteiger partial charge in [-0.15, -0.1) is 5.10 Å². The van der Waals surface area contributed by atoms with Crippen LogP contribution in [0.4, 0.5) is 15.9 Å². The minimum absolute atomic E-state index is 0.0320. The molecule has 1 saturated heterocycles. The lowest BCUT2D eigenvalue weighted by molar-refractivity contribution is 0.431. The van der Waals surface area contributed by atoms with Gasteiger partial charge in [-0.2, -0.15) is 5.26 Å². The molecule has 0 aliphatic carbocycles. The average molecular weight is 423 g/mol. The summed E-state index contributed by atoms with van der Waals surface area (Å²) in [6.45, 7) is 4.09. The van der Waals surface area contributed by atoms with Crippen LogP contribution in [0.25, 0.3) is 16.9 Å². The molecule has 8 heteroatoms. The molecule has 0 saturated carbocycles. The Kier molecular flexibility index (Phi) is 5.93. The topological polar surface area (TPSA) is 60.1 Å². The number of rotatable bonds is 5. The fraction of sp³-hybridized carbons (Fsp3) is 0.273. The summed E-state index contributed by atoms with van der Waals surface area (Å²) in [5.41, 5.74) is 3.53. The van der Waals surface area contributed by atoms with E-state index in [-0.39, 0.29) is 5.56 Å².